The first kappa shape index (κ1) is 14.9. The number of thiophene rings is 1. The molecule has 0 saturated carbocycles. The Morgan fingerprint density at radius 3 is 3.05 bits per heavy atom. The number of nitrogens with one attached hydrogen (secondary N) is 1. The second-order valence-corrected chi connectivity index (χ2v) is 5.92. The first-order valence-corrected chi connectivity index (χ1v) is 7.85. The molecule has 0 atom stereocenters. The van der Waals surface area contributed by atoms with E-state index < -0.39 is 0 Å². The molecule has 0 saturated heterocycles. The van der Waals surface area contributed by atoms with Crippen molar-refractivity contribution in [3.8, 4) is 10.7 Å². The number of H-pyrrole nitrogens is 1. The maximum absolute atomic E-state index is 12.2. The quantitative estimate of drug-likeness (QED) is 0.835. The summed E-state index contributed by atoms with van der Waals surface area (Å²) in [6, 6.07) is 3.93. The number of aromatic amines is 1. The summed E-state index contributed by atoms with van der Waals surface area (Å²) >= 11 is 6.80. The van der Waals surface area contributed by atoms with Gasteiger partial charge in [0, 0.05) is 13.6 Å². The molecule has 108 valence electrons. The van der Waals surface area contributed by atoms with Crippen LogP contribution in [0, 0.1) is 4.77 Å². The van der Waals surface area contributed by atoms with Crippen LogP contribution in [-0.4, -0.2) is 39.2 Å². The predicted octanol–water partition coefficient (Wildman–Crippen LogP) is 2.93. The summed E-state index contributed by atoms with van der Waals surface area (Å²) < 4.78 is 2.23. The Morgan fingerprint density at radius 2 is 2.40 bits per heavy atom. The molecule has 0 radical (unpaired) electrons. The van der Waals surface area contributed by atoms with Crippen LogP contribution >= 0.6 is 23.6 Å². The number of aromatic nitrogens is 3. The fourth-order valence-electron chi connectivity index (χ4n) is 1.83. The number of carbonyl (C=O) groups is 1. The van der Waals surface area contributed by atoms with E-state index in [0.717, 1.165) is 30.1 Å². The monoisotopic (exact) mass is 310 g/mol. The zero-order chi connectivity index (χ0) is 14.5. The molecule has 2 rings (SSSR count). The van der Waals surface area contributed by atoms with Crippen molar-refractivity contribution in [1.29, 1.82) is 0 Å². The fraction of sp³-hybridized carbons (Fsp3) is 0.462. The number of nitrogens with zero attached hydrogens (tertiary/aromatic N) is 3. The van der Waals surface area contributed by atoms with Gasteiger partial charge in [0.05, 0.1) is 4.88 Å². The molecule has 0 unspecified atom stereocenters. The fourth-order valence-corrected chi connectivity index (χ4v) is 2.75. The van der Waals surface area contributed by atoms with Crippen molar-refractivity contribution in [3.05, 3.63) is 22.3 Å². The molecule has 0 spiro atoms. The molecule has 2 heterocycles. The van der Waals surface area contributed by atoms with Crippen LogP contribution in [0.2, 0.25) is 0 Å². The van der Waals surface area contributed by atoms with E-state index in [1.165, 1.54) is 0 Å². The Balaban J connectivity index is 2.16. The minimum atomic E-state index is 0.0498. The second kappa shape index (κ2) is 6.81. The van der Waals surface area contributed by atoms with Crippen molar-refractivity contribution in [2.75, 3.05) is 13.6 Å². The molecule has 0 bridgehead atoms. The van der Waals surface area contributed by atoms with Crippen molar-refractivity contribution in [3.63, 3.8) is 0 Å². The highest BCUT2D eigenvalue weighted by Gasteiger charge is 2.15. The molecular formula is C13H18N4OS2. The topological polar surface area (TPSA) is 53.9 Å². The predicted molar refractivity (Wildman–Crippen MR) is 83.3 cm³/mol. The van der Waals surface area contributed by atoms with Crippen LogP contribution in [0.3, 0.4) is 0 Å². The molecule has 0 aliphatic carbocycles. The van der Waals surface area contributed by atoms with E-state index in [1.807, 2.05) is 24.6 Å². The summed E-state index contributed by atoms with van der Waals surface area (Å²) in [5.74, 6) is 0.774. The van der Waals surface area contributed by atoms with Gasteiger partial charge in [0.15, 0.2) is 10.6 Å². The molecule has 0 aromatic carbocycles. The lowest BCUT2D eigenvalue weighted by molar-refractivity contribution is -0.130. The van der Waals surface area contributed by atoms with Crippen LogP contribution in [0.1, 0.15) is 19.8 Å². The molecule has 2 aromatic rings. The first-order valence-electron chi connectivity index (χ1n) is 6.56. The van der Waals surface area contributed by atoms with Gasteiger partial charge >= 0.3 is 0 Å². The molecule has 7 heteroatoms. The molecule has 0 aliphatic heterocycles. The van der Waals surface area contributed by atoms with Crippen LogP contribution in [0.15, 0.2) is 17.5 Å². The largest absolute Gasteiger partial charge is 0.344 e. The Kier molecular flexibility index (Phi) is 5.08. The van der Waals surface area contributed by atoms with Gasteiger partial charge in [-0.25, -0.2) is 0 Å². The first-order chi connectivity index (χ1) is 9.63. The van der Waals surface area contributed by atoms with Gasteiger partial charge in [-0.2, -0.15) is 5.10 Å². The molecule has 5 nitrogen and oxygen atoms in total. The lowest BCUT2D eigenvalue weighted by atomic mass is 10.3. The minimum absolute atomic E-state index is 0.0498. The van der Waals surface area contributed by atoms with E-state index >= 15 is 0 Å². The third-order valence-corrected chi connectivity index (χ3v) is 4.24. The van der Waals surface area contributed by atoms with Gasteiger partial charge < -0.3 is 4.90 Å². The molecule has 1 N–H and O–H groups in total. The summed E-state index contributed by atoms with van der Waals surface area (Å²) in [7, 11) is 1.83. The zero-order valence-electron chi connectivity index (χ0n) is 11.6. The number of likely N-dealkylation sites (N-methyl/N-ethyl adjacent to an activating group) is 1. The molecule has 1 amide bonds. The highest BCUT2D eigenvalue weighted by Crippen LogP contribution is 2.22. The van der Waals surface area contributed by atoms with E-state index in [1.54, 1.807) is 20.8 Å². The normalized spacial score (nSPS) is 10.7. The van der Waals surface area contributed by atoms with Crippen LogP contribution in [0.5, 0.6) is 0 Å². The number of amides is 1. The average Bonchev–Trinajstić information content (AvgIpc) is 3.07. The second-order valence-electron chi connectivity index (χ2n) is 4.58. The maximum Gasteiger partial charge on any atom is 0.242 e. The molecular weight excluding hydrogens is 292 g/mol. The number of hydrogen-bond acceptors (Lipinski definition) is 4. The molecule has 0 aliphatic rings. The minimum Gasteiger partial charge on any atom is -0.344 e. The molecule has 0 fully saturated rings. The summed E-state index contributed by atoms with van der Waals surface area (Å²) in [6.45, 7) is 3.11. The van der Waals surface area contributed by atoms with E-state index in [-0.39, 0.29) is 12.5 Å². The third-order valence-electron chi connectivity index (χ3n) is 3.07. The van der Waals surface area contributed by atoms with Crippen LogP contribution in [0.25, 0.3) is 10.7 Å². The summed E-state index contributed by atoms with van der Waals surface area (Å²) in [5, 5.41) is 8.96. The van der Waals surface area contributed by atoms with Gasteiger partial charge in [-0.3, -0.25) is 14.5 Å². The third kappa shape index (κ3) is 3.34. The summed E-state index contributed by atoms with van der Waals surface area (Å²) in [6.07, 6.45) is 2.08. The van der Waals surface area contributed by atoms with Crippen molar-refractivity contribution in [1.82, 2.24) is 19.7 Å². The smallest absolute Gasteiger partial charge is 0.242 e. The SMILES string of the molecule is CCCCN(C)C(=O)Cn1c(-c2cccs2)n[nH]c1=S. The van der Waals surface area contributed by atoms with Crippen molar-refractivity contribution < 1.29 is 4.79 Å². The van der Waals surface area contributed by atoms with E-state index in [9.17, 15) is 4.79 Å². The van der Waals surface area contributed by atoms with Gasteiger partial charge in [0.1, 0.15) is 6.54 Å². The van der Waals surface area contributed by atoms with Crippen molar-refractivity contribution in [2.24, 2.45) is 0 Å². The average molecular weight is 310 g/mol. The van der Waals surface area contributed by atoms with Crippen LogP contribution < -0.4 is 0 Å². The lowest BCUT2D eigenvalue weighted by Crippen LogP contribution is -2.31. The van der Waals surface area contributed by atoms with Gasteiger partial charge in [0.2, 0.25) is 5.91 Å². The van der Waals surface area contributed by atoms with Gasteiger partial charge in [-0.1, -0.05) is 19.4 Å². The number of carbonyl (C=O) groups excluding carboxylic acids is 1. The standard InChI is InChI=1S/C13H18N4OS2/c1-3-4-7-16(2)11(18)9-17-12(14-15-13(17)19)10-6-5-8-20-10/h5-6,8H,3-4,7,9H2,1-2H3,(H,15,19). The van der Waals surface area contributed by atoms with Crippen molar-refractivity contribution >= 4 is 29.5 Å². The Hall–Kier alpha value is -1.47. The molecule has 20 heavy (non-hydrogen) atoms. The molecule has 2 aromatic heterocycles. The zero-order valence-corrected chi connectivity index (χ0v) is 13.3. The van der Waals surface area contributed by atoms with Gasteiger partial charge in [0.25, 0.3) is 0 Å². The highest BCUT2D eigenvalue weighted by atomic mass is 32.1. The highest BCUT2D eigenvalue weighted by molar-refractivity contribution is 7.71. The summed E-state index contributed by atoms with van der Waals surface area (Å²) in [4.78, 5) is 15.0. The summed E-state index contributed by atoms with van der Waals surface area (Å²) in [5.41, 5.74) is 0. The Morgan fingerprint density at radius 1 is 1.60 bits per heavy atom. The van der Waals surface area contributed by atoms with Crippen molar-refractivity contribution in [2.45, 2.75) is 26.3 Å². The number of hydrogen-bond donors (Lipinski definition) is 1. The lowest BCUT2D eigenvalue weighted by Gasteiger charge is -2.17. The van der Waals surface area contributed by atoms with Crippen LogP contribution in [-0.2, 0) is 11.3 Å². The Bertz CT molecular complexity index is 615. The van der Waals surface area contributed by atoms with E-state index in [2.05, 4.69) is 17.1 Å². The number of rotatable bonds is 6. The number of unbranched alkanes of at least 4 members (excludes halogenated alkanes) is 1. The van der Waals surface area contributed by atoms with Gasteiger partial charge in [-0.05, 0) is 30.1 Å². The maximum atomic E-state index is 12.2. The van der Waals surface area contributed by atoms with Crippen LogP contribution in [0.4, 0.5) is 0 Å². The van der Waals surface area contributed by atoms with E-state index in [0.29, 0.717) is 4.77 Å². The Labute approximate surface area is 127 Å². The van der Waals surface area contributed by atoms with E-state index in [4.69, 9.17) is 12.2 Å². The van der Waals surface area contributed by atoms with Gasteiger partial charge in [-0.15, -0.1) is 11.3 Å².